The molecule has 0 aliphatic heterocycles. The zero-order chi connectivity index (χ0) is 29.9. The summed E-state index contributed by atoms with van der Waals surface area (Å²) in [7, 11) is 1.64. The van der Waals surface area contributed by atoms with Gasteiger partial charge in [-0.2, -0.15) is 0 Å². The molecule has 0 aliphatic rings. The minimum absolute atomic E-state index is 0.111. The van der Waals surface area contributed by atoms with Gasteiger partial charge in [-0.1, -0.05) is 42.8 Å². The molecular weight excluding hydrogens is 520 g/mol. The van der Waals surface area contributed by atoms with Gasteiger partial charge in [-0.3, -0.25) is 4.79 Å². The van der Waals surface area contributed by atoms with Crippen molar-refractivity contribution in [2.45, 2.75) is 46.5 Å². The van der Waals surface area contributed by atoms with Gasteiger partial charge in [0.1, 0.15) is 17.3 Å². The van der Waals surface area contributed by atoms with Crippen molar-refractivity contribution in [1.82, 2.24) is 4.98 Å². The number of allylic oxidation sites excluding steroid dienone is 1. The minimum atomic E-state index is -0.754. The third kappa shape index (κ3) is 14.6. The van der Waals surface area contributed by atoms with Gasteiger partial charge in [0.2, 0.25) is 0 Å². The predicted molar refractivity (Wildman–Crippen MR) is 161 cm³/mol. The first kappa shape index (κ1) is 32.9. The maximum absolute atomic E-state index is 11.2. The van der Waals surface area contributed by atoms with Gasteiger partial charge in [0.15, 0.2) is 0 Å². The van der Waals surface area contributed by atoms with Crippen LogP contribution >= 0.6 is 0 Å². The summed E-state index contributed by atoms with van der Waals surface area (Å²) in [6.45, 7) is 7.48. The smallest absolute Gasteiger partial charge is 0.330 e. The van der Waals surface area contributed by atoms with Gasteiger partial charge >= 0.3 is 11.9 Å². The zero-order valence-electron chi connectivity index (χ0n) is 24.5. The molecule has 2 aromatic carbocycles. The van der Waals surface area contributed by atoms with E-state index in [-0.39, 0.29) is 18.3 Å². The first-order valence-corrected chi connectivity index (χ1v) is 13.8. The molecule has 1 aromatic heterocycles. The van der Waals surface area contributed by atoms with Gasteiger partial charge < -0.3 is 24.6 Å². The van der Waals surface area contributed by atoms with E-state index in [0.29, 0.717) is 13.2 Å². The SMILES string of the molecule is CC(CC(=O)O)Cc1cccc(OCCCNc2ccccn2)c1.CCOC(=O)C=C(C)Cc1cccc(OC)c1. The molecular formula is C33H42N2O6. The Morgan fingerprint density at radius 2 is 1.76 bits per heavy atom. The quantitative estimate of drug-likeness (QED) is 0.125. The molecule has 0 saturated carbocycles. The number of anilines is 1. The predicted octanol–water partition coefficient (Wildman–Crippen LogP) is 6.36. The summed E-state index contributed by atoms with van der Waals surface area (Å²) >= 11 is 0. The number of aromatic nitrogens is 1. The number of carboxylic acid groups (broad SMARTS) is 1. The van der Waals surface area contributed by atoms with Gasteiger partial charge in [-0.25, -0.2) is 9.78 Å². The maximum atomic E-state index is 11.2. The molecule has 2 N–H and O–H groups in total. The van der Waals surface area contributed by atoms with Crippen LogP contribution in [0.4, 0.5) is 5.82 Å². The number of ether oxygens (including phenoxy) is 3. The third-order valence-electron chi connectivity index (χ3n) is 5.83. The summed E-state index contributed by atoms with van der Waals surface area (Å²) < 4.78 is 15.8. The maximum Gasteiger partial charge on any atom is 0.330 e. The summed E-state index contributed by atoms with van der Waals surface area (Å²) in [5.74, 6) is 1.59. The van der Waals surface area contributed by atoms with Crippen molar-refractivity contribution in [3.8, 4) is 11.5 Å². The number of benzene rings is 2. The molecule has 1 unspecified atom stereocenters. The van der Waals surface area contributed by atoms with Crippen molar-refractivity contribution in [3.05, 3.63) is 95.7 Å². The first-order valence-electron chi connectivity index (χ1n) is 13.8. The van der Waals surface area contributed by atoms with Gasteiger partial charge in [0.25, 0.3) is 0 Å². The molecule has 0 bridgehead atoms. The number of rotatable bonds is 15. The van der Waals surface area contributed by atoms with Gasteiger partial charge in [-0.05, 0) is 86.6 Å². The monoisotopic (exact) mass is 562 g/mol. The fraction of sp³-hybridized carbons (Fsp3) is 0.364. The third-order valence-corrected chi connectivity index (χ3v) is 5.83. The summed E-state index contributed by atoms with van der Waals surface area (Å²) in [5.41, 5.74) is 3.19. The van der Waals surface area contributed by atoms with Crippen LogP contribution in [0.5, 0.6) is 11.5 Å². The van der Waals surface area contributed by atoms with E-state index < -0.39 is 5.97 Å². The number of aliphatic carboxylic acids is 1. The Balaban J connectivity index is 0.000000305. The number of methoxy groups -OCH3 is 1. The van der Waals surface area contributed by atoms with E-state index in [1.807, 2.05) is 80.6 Å². The number of carbonyl (C=O) groups is 2. The normalized spacial score (nSPS) is 11.5. The van der Waals surface area contributed by atoms with Crippen LogP contribution in [-0.4, -0.2) is 48.9 Å². The van der Waals surface area contributed by atoms with Crippen LogP contribution < -0.4 is 14.8 Å². The van der Waals surface area contributed by atoms with E-state index in [4.69, 9.17) is 19.3 Å². The molecule has 0 radical (unpaired) electrons. The molecule has 1 heterocycles. The standard InChI is InChI=1S/C19H24N2O3.C14H18O3/c1-15(13-19(22)23)12-16-6-4-7-17(14-16)24-11-5-10-21-18-8-2-3-9-20-18;1-4-17-14(15)9-11(2)8-12-6-5-7-13(10-12)16-3/h2-4,6-9,14-15H,5,10-13H2,1H3,(H,20,21)(H,22,23);5-7,9-10H,4,8H2,1-3H3. The first-order chi connectivity index (χ1) is 19.8. The second-order valence-corrected chi connectivity index (χ2v) is 9.67. The van der Waals surface area contributed by atoms with Gasteiger partial charge in [0.05, 0.1) is 20.3 Å². The molecule has 3 aromatic rings. The summed E-state index contributed by atoms with van der Waals surface area (Å²) in [4.78, 5) is 26.2. The summed E-state index contributed by atoms with van der Waals surface area (Å²) in [5, 5.41) is 12.1. The summed E-state index contributed by atoms with van der Waals surface area (Å²) in [6.07, 6.45) is 5.81. The number of hydrogen-bond acceptors (Lipinski definition) is 7. The van der Waals surface area contributed by atoms with Crippen molar-refractivity contribution >= 4 is 17.8 Å². The van der Waals surface area contributed by atoms with E-state index in [2.05, 4.69) is 10.3 Å². The Bertz CT molecular complexity index is 1230. The topological polar surface area (TPSA) is 107 Å². The van der Waals surface area contributed by atoms with E-state index in [1.54, 1.807) is 20.2 Å². The molecule has 0 amide bonds. The van der Waals surface area contributed by atoms with E-state index in [9.17, 15) is 9.59 Å². The largest absolute Gasteiger partial charge is 0.497 e. The van der Waals surface area contributed by atoms with Crippen LogP contribution in [0.3, 0.4) is 0 Å². The molecule has 0 saturated heterocycles. The highest BCUT2D eigenvalue weighted by molar-refractivity contribution is 5.82. The number of pyridine rings is 1. The fourth-order valence-corrected chi connectivity index (χ4v) is 4.02. The van der Waals surface area contributed by atoms with Gasteiger partial charge in [0, 0.05) is 25.2 Å². The van der Waals surface area contributed by atoms with Crippen molar-refractivity contribution < 1.29 is 28.9 Å². The van der Waals surface area contributed by atoms with Crippen LogP contribution in [0.1, 0.15) is 44.7 Å². The molecule has 0 aliphatic carbocycles. The van der Waals surface area contributed by atoms with Crippen molar-refractivity contribution in [3.63, 3.8) is 0 Å². The highest BCUT2D eigenvalue weighted by Gasteiger charge is 2.09. The van der Waals surface area contributed by atoms with Crippen LogP contribution in [0, 0.1) is 5.92 Å². The van der Waals surface area contributed by atoms with Gasteiger partial charge in [-0.15, -0.1) is 0 Å². The second kappa shape index (κ2) is 18.9. The number of hydrogen-bond donors (Lipinski definition) is 2. The number of nitrogens with zero attached hydrogens (tertiary/aromatic N) is 1. The van der Waals surface area contributed by atoms with Crippen LogP contribution in [0.2, 0.25) is 0 Å². The van der Waals surface area contributed by atoms with Crippen LogP contribution in [-0.2, 0) is 27.2 Å². The van der Waals surface area contributed by atoms with Crippen LogP contribution in [0.25, 0.3) is 0 Å². The van der Waals surface area contributed by atoms with Crippen molar-refractivity contribution in [1.29, 1.82) is 0 Å². The average molecular weight is 563 g/mol. The Labute approximate surface area is 243 Å². The fourth-order valence-electron chi connectivity index (χ4n) is 4.02. The Morgan fingerprint density at radius 1 is 1.02 bits per heavy atom. The number of nitrogens with one attached hydrogen (secondary N) is 1. The van der Waals surface area contributed by atoms with Crippen molar-refractivity contribution in [2.75, 3.05) is 32.2 Å². The molecule has 220 valence electrons. The van der Waals surface area contributed by atoms with E-state index in [0.717, 1.165) is 59.8 Å². The lowest BCUT2D eigenvalue weighted by atomic mass is 9.98. The molecule has 1 atom stereocenters. The lowest BCUT2D eigenvalue weighted by molar-refractivity contribution is -0.138. The Morgan fingerprint density at radius 3 is 2.44 bits per heavy atom. The van der Waals surface area contributed by atoms with E-state index in [1.165, 1.54) is 6.08 Å². The zero-order valence-corrected chi connectivity index (χ0v) is 24.5. The Kier molecular flexibility index (Phi) is 15.1. The highest BCUT2D eigenvalue weighted by atomic mass is 16.5. The molecule has 0 fully saturated rings. The lowest BCUT2D eigenvalue weighted by Crippen LogP contribution is -2.09. The van der Waals surface area contributed by atoms with E-state index >= 15 is 0 Å². The molecule has 3 rings (SSSR count). The van der Waals surface area contributed by atoms with Crippen molar-refractivity contribution in [2.24, 2.45) is 5.92 Å². The lowest BCUT2D eigenvalue weighted by Gasteiger charge is -2.11. The molecule has 41 heavy (non-hydrogen) atoms. The number of carboxylic acids is 1. The second-order valence-electron chi connectivity index (χ2n) is 9.67. The molecule has 8 nitrogen and oxygen atoms in total. The Hall–Kier alpha value is -4.33. The number of esters is 1. The summed E-state index contributed by atoms with van der Waals surface area (Å²) in [6, 6.07) is 21.4. The van der Waals surface area contributed by atoms with Crippen LogP contribution in [0.15, 0.2) is 84.6 Å². The highest BCUT2D eigenvalue weighted by Crippen LogP contribution is 2.18. The molecule has 0 spiro atoms. The average Bonchev–Trinajstić information content (AvgIpc) is 2.93. The molecule has 8 heteroatoms. The number of carbonyl (C=O) groups excluding carboxylic acids is 1. The minimum Gasteiger partial charge on any atom is -0.497 e.